The Hall–Kier alpha value is -1.69. The van der Waals surface area contributed by atoms with Gasteiger partial charge in [0.1, 0.15) is 5.82 Å². The van der Waals surface area contributed by atoms with Crippen molar-refractivity contribution >= 4 is 11.7 Å². The zero-order chi connectivity index (χ0) is 13.7. The summed E-state index contributed by atoms with van der Waals surface area (Å²) < 4.78 is 0. The van der Waals surface area contributed by atoms with Crippen molar-refractivity contribution in [1.82, 2.24) is 20.4 Å². The van der Waals surface area contributed by atoms with E-state index in [0.717, 1.165) is 19.5 Å². The van der Waals surface area contributed by atoms with E-state index in [1.807, 2.05) is 0 Å². The number of nitrogens with one attached hydrogen (secondary N) is 1. The van der Waals surface area contributed by atoms with Crippen LogP contribution in [0.5, 0.6) is 0 Å². The first-order valence-corrected chi connectivity index (χ1v) is 6.71. The second-order valence-corrected chi connectivity index (χ2v) is 5.13. The van der Waals surface area contributed by atoms with Crippen molar-refractivity contribution < 1.29 is 4.79 Å². The number of nitrogen functional groups attached to an aromatic ring is 1. The van der Waals surface area contributed by atoms with Crippen LogP contribution in [0.3, 0.4) is 0 Å². The van der Waals surface area contributed by atoms with Gasteiger partial charge in [-0.05, 0) is 57.5 Å². The van der Waals surface area contributed by atoms with Crippen molar-refractivity contribution in [2.24, 2.45) is 5.92 Å². The molecule has 1 amide bonds. The number of likely N-dealkylation sites (tertiary alicyclic amines) is 1. The first kappa shape index (κ1) is 13.7. The summed E-state index contributed by atoms with van der Waals surface area (Å²) >= 11 is 0. The number of piperidine rings is 1. The van der Waals surface area contributed by atoms with Gasteiger partial charge in [-0.15, -0.1) is 10.2 Å². The summed E-state index contributed by atoms with van der Waals surface area (Å²) in [7, 11) is 2.15. The molecule has 0 saturated carbocycles. The summed E-state index contributed by atoms with van der Waals surface area (Å²) in [5, 5.41) is 10.3. The fraction of sp³-hybridized carbons (Fsp3) is 0.615. The predicted molar refractivity (Wildman–Crippen MR) is 73.6 cm³/mol. The predicted octanol–water partition coefficient (Wildman–Crippen LogP) is 0.521. The van der Waals surface area contributed by atoms with Crippen LogP contribution >= 0.6 is 0 Å². The molecule has 2 heterocycles. The molecule has 1 aromatic heterocycles. The molecule has 2 rings (SSSR count). The van der Waals surface area contributed by atoms with Crippen LogP contribution in [0.4, 0.5) is 5.82 Å². The Morgan fingerprint density at radius 2 is 2.16 bits per heavy atom. The third-order valence-electron chi connectivity index (χ3n) is 3.59. The number of rotatable bonds is 4. The zero-order valence-corrected chi connectivity index (χ0v) is 11.3. The van der Waals surface area contributed by atoms with Crippen LogP contribution in [-0.2, 0) is 0 Å². The zero-order valence-electron chi connectivity index (χ0n) is 11.3. The number of aromatic nitrogens is 2. The van der Waals surface area contributed by atoms with Crippen molar-refractivity contribution in [3.8, 4) is 0 Å². The van der Waals surface area contributed by atoms with Crippen LogP contribution < -0.4 is 11.1 Å². The number of carbonyl (C=O) groups is 1. The highest BCUT2D eigenvalue weighted by atomic mass is 16.1. The summed E-state index contributed by atoms with van der Waals surface area (Å²) in [6, 6.07) is 3.17. The molecule has 6 nitrogen and oxygen atoms in total. The quantitative estimate of drug-likeness (QED) is 0.827. The van der Waals surface area contributed by atoms with Crippen molar-refractivity contribution in [3.05, 3.63) is 17.8 Å². The van der Waals surface area contributed by atoms with Gasteiger partial charge in [-0.25, -0.2) is 0 Å². The van der Waals surface area contributed by atoms with Gasteiger partial charge < -0.3 is 16.0 Å². The Morgan fingerprint density at radius 3 is 2.79 bits per heavy atom. The molecule has 1 aliphatic heterocycles. The van der Waals surface area contributed by atoms with Crippen LogP contribution in [0.15, 0.2) is 12.1 Å². The van der Waals surface area contributed by atoms with Gasteiger partial charge in [0.2, 0.25) is 0 Å². The number of amides is 1. The molecule has 3 N–H and O–H groups in total. The molecule has 0 atom stereocenters. The molecule has 1 saturated heterocycles. The molecule has 19 heavy (non-hydrogen) atoms. The maximum atomic E-state index is 11.8. The van der Waals surface area contributed by atoms with E-state index in [1.54, 1.807) is 12.1 Å². The second kappa shape index (κ2) is 6.47. The highest BCUT2D eigenvalue weighted by Gasteiger charge is 2.16. The third kappa shape index (κ3) is 4.17. The van der Waals surface area contributed by atoms with Gasteiger partial charge in [-0.3, -0.25) is 4.79 Å². The molecule has 6 heteroatoms. The minimum atomic E-state index is -0.180. The fourth-order valence-electron chi connectivity index (χ4n) is 2.29. The molecule has 0 unspecified atom stereocenters. The minimum Gasteiger partial charge on any atom is -0.382 e. The van der Waals surface area contributed by atoms with E-state index in [2.05, 4.69) is 27.5 Å². The summed E-state index contributed by atoms with van der Waals surface area (Å²) in [6.07, 6.45) is 3.46. The molecule has 0 aliphatic carbocycles. The number of hydrogen-bond acceptors (Lipinski definition) is 5. The van der Waals surface area contributed by atoms with E-state index < -0.39 is 0 Å². The van der Waals surface area contributed by atoms with Crippen LogP contribution in [0.1, 0.15) is 29.8 Å². The summed E-state index contributed by atoms with van der Waals surface area (Å²) in [4.78, 5) is 14.1. The lowest BCUT2D eigenvalue weighted by Crippen LogP contribution is -2.33. The van der Waals surface area contributed by atoms with Gasteiger partial charge in [-0.1, -0.05) is 0 Å². The lowest BCUT2D eigenvalue weighted by Gasteiger charge is -2.28. The van der Waals surface area contributed by atoms with Crippen molar-refractivity contribution in [3.63, 3.8) is 0 Å². The van der Waals surface area contributed by atoms with Crippen molar-refractivity contribution in [2.45, 2.75) is 19.3 Å². The van der Waals surface area contributed by atoms with Crippen LogP contribution in [0.2, 0.25) is 0 Å². The topological polar surface area (TPSA) is 84.1 Å². The first-order valence-electron chi connectivity index (χ1n) is 6.71. The van der Waals surface area contributed by atoms with Gasteiger partial charge >= 0.3 is 0 Å². The van der Waals surface area contributed by atoms with Gasteiger partial charge in [-0.2, -0.15) is 0 Å². The lowest BCUT2D eigenvalue weighted by atomic mass is 9.94. The Balaban J connectivity index is 1.70. The van der Waals surface area contributed by atoms with Crippen molar-refractivity contribution in [1.29, 1.82) is 0 Å². The molecule has 1 aliphatic rings. The molecular weight excluding hydrogens is 242 g/mol. The summed E-state index contributed by atoms with van der Waals surface area (Å²) in [5.74, 6) is 0.859. The van der Waals surface area contributed by atoms with Crippen LogP contribution in [-0.4, -0.2) is 47.7 Å². The van der Waals surface area contributed by atoms with Crippen LogP contribution in [0.25, 0.3) is 0 Å². The van der Waals surface area contributed by atoms with Gasteiger partial charge in [0, 0.05) is 6.54 Å². The second-order valence-electron chi connectivity index (χ2n) is 5.13. The third-order valence-corrected chi connectivity index (χ3v) is 3.59. The maximum absolute atomic E-state index is 11.8. The Labute approximate surface area is 113 Å². The molecule has 1 fully saturated rings. The minimum absolute atomic E-state index is 0.180. The van der Waals surface area contributed by atoms with Gasteiger partial charge in [0.25, 0.3) is 5.91 Å². The van der Waals surface area contributed by atoms with Gasteiger partial charge in [0.05, 0.1) is 0 Å². The highest BCUT2D eigenvalue weighted by molar-refractivity contribution is 5.92. The van der Waals surface area contributed by atoms with E-state index in [-0.39, 0.29) is 5.91 Å². The highest BCUT2D eigenvalue weighted by Crippen LogP contribution is 2.18. The summed E-state index contributed by atoms with van der Waals surface area (Å²) in [6.45, 7) is 3.00. The molecule has 0 radical (unpaired) electrons. The average Bonchev–Trinajstić information content (AvgIpc) is 2.41. The van der Waals surface area contributed by atoms with E-state index in [4.69, 9.17) is 5.73 Å². The van der Waals surface area contributed by atoms with E-state index in [0.29, 0.717) is 24.0 Å². The molecular formula is C13H21N5O. The number of nitrogens with two attached hydrogens (primary N) is 1. The molecule has 0 aromatic carbocycles. The maximum Gasteiger partial charge on any atom is 0.271 e. The SMILES string of the molecule is CN1CCC(CCNC(=O)c2ccc(N)nn2)CC1. The Bertz CT molecular complexity index is 412. The molecule has 104 valence electrons. The lowest BCUT2D eigenvalue weighted by molar-refractivity contribution is 0.0943. The number of carbonyl (C=O) groups excluding carboxylic acids is 1. The number of hydrogen-bond donors (Lipinski definition) is 2. The van der Waals surface area contributed by atoms with Crippen molar-refractivity contribution in [2.75, 3.05) is 32.4 Å². The molecule has 0 spiro atoms. The normalized spacial score (nSPS) is 17.3. The smallest absolute Gasteiger partial charge is 0.271 e. The summed E-state index contributed by atoms with van der Waals surface area (Å²) in [5.41, 5.74) is 5.74. The number of anilines is 1. The van der Waals surface area contributed by atoms with Gasteiger partial charge in [0.15, 0.2) is 5.69 Å². The van der Waals surface area contributed by atoms with E-state index >= 15 is 0 Å². The molecule has 0 bridgehead atoms. The largest absolute Gasteiger partial charge is 0.382 e. The monoisotopic (exact) mass is 263 g/mol. The fourth-order valence-corrected chi connectivity index (χ4v) is 2.29. The number of nitrogens with zero attached hydrogens (tertiary/aromatic N) is 3. The van der Waals surface area contributed by atoms with Crippen LogP contribution in [0, 0.1) is 5.92 Å². The Kier molecular flexibility index (Phi) is 4.68. The van der Waals surface area contributed by atoms with E-state index in [1.165, 1.54) is 12.8 Å². The first-order chi connectivity index (χ1) is 9.15. The average molecular weight is 263 g/mol. The molecule has 1 aromatic rings. The van der Waals surface area contributed by atoms with E-state index in [9.17, 15) is 4.79 Å². The Morgan fingerprint density at radius 1 is 1.42 bits per heavy atom. The standard InChI is InChI=1S/C13H21N5O/c1-18-8-5-10(6-9-18)4-7-15-13(19)11-2-3-12(14)17-16-11/h2-3,10H,4-9H2,1H3,(H2,14,17)(H,15,19).